The molecule has 0 bridgehead atoms. The maximum Gasteiger partial charge on any atom is 0.335 e. The zero-order valence-corrected chi connectivity index (χ0v) is 26.9. The fourth-order valence-electron chi connectivity index (χ4n) is 5.42. The summed E-state index contributed by atoms with van der Waals surface area (Å²) < 4.78 is 12.7. The Morgan fingerprint density at radius 1 is 0.521 bits per heavy atom. The van der Waals surface area contributed by atoms with Gasteiger partial charge in [0.2, 0.25) is 0 Å². The highest BCUT2D eigenvalue weighted by Gasteiger charge is 2.21. The molecule has 0 aliphatic rings. The fourth-order valence-corrected chi connectivity index (χ4v) is 5.67. The maximum absolute atomic E-state index is 12.3. The molecule has 0 fully saturated rings. The molecule has 6 aromatic carbocycles. The molecule has 48 heavy (non-hydrogen) atoms. The first-order valence-corrected chi connectivity index (χ1v) is 15.7. The molecule has 0 radical (unpaired) electrons. The van der Waals surface area contributed by atoms with Gasteiger partial charge in [0.25, 0.3) is 0 Å². The Morgan fingerprint density at radius 2 is 0.896 bits per heavy atom. The van der Waals surface area contributed by atoms with E-state index in [1.165, 1.54) is 0 Å². The predicted octanol–water partition coefficient (Wildman–Crippen LogP) is 10.1. The van der Waals surface area contributed by atoms with Crippen molar-refractivity contribution >= 4 is 68.8 Å². The first-order valence-electron chi connectivity index (χ1n) is 14.9. The molecule has 0 saturated carbocycles. The standard InChI is InChI=1S/C40H28Cl2O6/c41-31-15-9-25(10-16-31)21-29(39(43)44)23-47-35-19-13-27-5-1-3-7-33(27)37(35)38-34-8-4-2-6-28(34)14-20-36(38)48-24-30(40(45)46)22-26-11-17-32(42)18-12-26/h1-22H,23-24H2,(H,43,44)(H,45,46)/b29-21-,30-22-. The lowest BCUT2D eigenvalue weighted by molar-refractivity contribution is -0.133. The maximum atomic E-state index is 12.3. The van der Waals surface area contributed by atoms with Crippen molar-refractivity contribution in [3.8, 4) is 22.6 Å². The van der Waals surface area contributed by atoms with E-state index in [2.05, 4.69) is 0 Å². The van der Waals surface area contributed by atoms with E-state index >= 15 is 0 Å². The van der Waals surface area contributed by atoms with Gasteiger partial charge in [-0.3, -0.25) is 0 Å². The third kappa shape index (κ3) is 7.36. The van der Waals surface area contributed by atoms with Gasteiger partial charge in [0, 0.05) is 21.2 Å². The van der Waals surface area contributed by atoms with E-state index in [0.717, 1.165) is 21.5 Å². The minimum Gasteiger partial charge on any atom is -0.488 e. The number of hydrogen-bond acceptors (Lipinski definition) is 4. The van der Waals surface area contributed by atoms with Gasteiger partial charge in [0.05, 0.1) is 11.1 Å². The summed E-state index contributed by atoms with van der Waals surface area (Å²) in [5.74, 6) is -1.35. The molecule has 0 aliphatic heterocycles. The van der Waals surface area contributed by atoms with E-state index in [9.17, 15) is 19.8 Å². The van der Waals surface area contributed by atoms with Crippen LogP contribution < -0.4 is 9.47 Å². The van der Waals surface area contributed by atoms with Crippen molar-refractivity contribution in [2.45, 2.75) is 0 Å². The fraction of sp³-hybridized carbons (Fsp3) is 0.0500. The van der Waals surface area contributed by atoms with Crippen LogP contribution in [0.15, 0.2) is 132 Å². The van der Waals surface area contributed by atoms with Crippen molar-refractivity contribution in [1.82, 2.24) is 0 Å². The summed E-state index contributed by atoms with van der Waals surface area (Å²) in [4.78, 5) is 24.6. The molecule has 6 rings (SSSR count). The van der Waals surface area contributed by atoms with Gasteiger partial charge in [-0.25, -0.2) is 9.59 Å². The summed E-state index contributed by atoms with van der Waals surface area (Å²) in [6.45, 7) is -0.450. The van der Waals surface area contributed by atoms with Gasteiger partial charge in [0.15, 0.2) is 0 Å². The summed E-state index contributed by atoms with van der Waals surface area (Å²) in [7, 11) is 0. The summed E-state index contributed by atoms with van der Waals surface area (Å²) >= 11 is 12.0. The Hall–Kier alpha value is -5.56. The summed E-state index contributed by atoms with van der Waals surface area (Å²) in [6, 6.07) is 36.8. The Labute approximate surface area is 286 Å². The lowest BCUT2D eigenvalue weighted by atomic mass is 9.92. The van der Waals surface area contributed by atoms with Crippen LogP contribution in [0.3, 0.4) is 0 Å². The molecule has 6 aromatic rings. The molecule has 0 amide bonds. The van der Waals surface area contributed by atoms with Gasteiger partial charge < -0.3 is 19.7 Å². The SMILES string of the molecule is O=C(O)/C(=C\c1ccc(Cl)cc1)COc1ccc2ccccc2c1-c1c(OC/C(=C/c2ccc(Cl)cc2)C(=O)O)ccc2ccccc12. The molecule has 0 unspecified atom stereocenters. The van der Waals surface area contributed by atoms with Crippen molar-refractivity contribution < 1.29 is 29.3 Å². The van der Waals surface area contributed by atoms with Crippen LogP contribution in [0.4, 0.5) is 0 Å². The number of carbonyl (C=O) groups is 2. The molecule has 238 valence electrons. The number of fused-ring (bicyclic) bond motifs is 2. The summed E-state index contributed by atoms with van der Waals surface area (Å²) in [5, 5.41) is 24.7. The predicted molar refractivity (Wildman–Crippen MR) is 192 cm³/mol. The Kier molecular flexibility index (Phi) is 9.76. The van der Waals surface area contributed by atoms with Crippen LogP contribution in [-0.2, 0) is 9.59 Å². The lowest BCUT2D eigenvalue weighted by Crippen LogP contribution is -2.12. The largest absolute Gasteiger partial charge is 0.488 e. The number of hydrogen-bond donors (Lipinski definition) is 2. The zero-order chi connectivity index (χ0) is 33.6. The van der Waals surface area contributed by atoms with Crippen molar-refractivity contribution in [1.29, 1.82) is 0 Å². The van der Waals surface area contributed by atoms with E-state index < -0.39 is 11.9 Å². The average Bonchev–Trinajstić information content (AvgIpc) is 3.09. The normalized spacial score (nSPS) is 11.9. The highest BCUT2D eigenvalue weighted by Crippen LogP contribution is 2.45. The topological polar surface area (TPSA) is 93.1 Å². The molecule has 8 heteroatoms. The number of ether oxygens (including phenoxy) is 2. The van der Waals surface area contributed by atoms with Crippen LogP contribution in [0.1, 0.15) is 11.1 Å². The first kappa shape index (κ1) is 32.4. The number of aliphatic carboxylic acids is 2. The molecular formula is C40H28Cl2O6. The van der Waals surface area contributed by atoms with Crippen LogP contribution in [0.5, 0.6) is 11.5 Å². The van der Waals surface area contributed by atoms with E-state index in [-0.39, 0.29) is 24.4 Å². The lowest BCUT2D eigenvalue weighted by Gasteiger charge is -2.20. The number of carboxylic acid groups (broad SMARTS) is 2. The quantitative estimate of drug-likeness (QED) is 0.133. The Morgan fingerprint density at radius 3 is 1.27 bits per heavy atom. The van der Waals surface area contributed by atoms with Gasteiger partial charge >= 0.3 is 11.9 Å². The number of carboxylic acids is 2. The van der Waals surface area contributed by atoms with Gasteiger partial charge in [-0.2, -0.15) is 0 Å². The average molecular weight is 676 g/mol. The molecule has 0 atom stereocenters. The third-order valence-corrected chi connectivity index (χ3v) is 8.27. The zero-order valence-electron chi connectivity index (χ0n) is 25.4. The van der Waals surface area contributed by atoms with Crippen LogP contribution in [0.25, 0.3) is 44.8 Å². The molecule has 0 spiro atoms. The molecular weight excluding hydrogens is 647 g/mol. The molecule has 0 aliphatic carbocycles. The van der Waals surface area contributed by atoms with Gasteiger partial charge in [-0.15, -0.1) is 0 Å². The molecule has 6 nitrogen and oxygen atoms in total. The van der Waals surface area contributed by atoms with Gasteiger partial charge in [-0.1, -0.05) is 108 Å². The van der Waals surface area contributed by atoms with Crippen molar-refractivity contribution in [3.05, 3.63) is 154 Å². The first-order chi connectivity index (χ1) is 23.3. The van der Waals surface area contributed by atoms with Crippen LogP contribution in [0, 0.1) is 0 Å². The smallest absolute Gasteiger partial charge is 0.335 e. The number of benzene rings is 6. The van der Waals surface area contributed by atoms with Crippen LogP contribution in [-0.4, -0.2) is 35.4 Å². The highest BCUT2D eigenvalue weighted by atomic mass is 35.5. The van der Waals surface area contributed by atoms with E-state index in [1.54, 1.807) is 60.7 Å². The second-order valence-corrected chi connectivity index (χ2v) is 11.8. The Bertz CT molecular complexity index is 2040. The van der Waals surface area contributed by atoms with Crippen molar-refractivity contribution in [3.63, 3.8) is 0 Å². The summed E-state index contributed by atoms with van der Waals surface area (Å²) in [6.07, 6.45) is 3.10. The van der Waals surface area contributed by atoms with E-state index in [0.29, 0.717) is 43.8 Å². The van der Waals surface area contributed by atoms with Crippen LogP contribution >= 0.6 is 23.2 Å². The monoisotopic (exact) mass is 674 g/mol. The van der Waals surface area contributed by atoms with Gasteiger partial charge in [0.1, 0.15) is 24.7 Å². The number of halogens is 2. The summed E-state index contributed by atoms with van der Waals surface area (Å²) in [5.41, 5.74) is 2.81. The highest BCUT2D eigenvalue weighted by molar-refractivity contribution is 6.30. The van der Waals surface area contributed by atoms with Crippen LogP contribution in [0.2, 0.25) is 10.0 Å². The van der Waals surface area contributed by atoms with E-state index in [4.69, 9.17) is 32.7 Å². The van der Waals surface area contributed by atoms with E-state index in [1.807, 2.05) is 72.8 Å². The molecule has 0 saturated heterocycles. The number of rotatable bonds is 11. The van der Waals surface area contributed by atoms with Gasteiger partial charge in [-0.05, 0) is 81.2 Å². The second-order valence-electron chi connectivity index (χ2n) is 10.9. The second kappa shape index (κ2) is 14.5. The van der Waals surface area contributed by atoms with Crippen molar-refractivity contribution in [2.75, 3.05) is 13.2 Å². The molecule has 0 heterocycles. The molecule has 0 aromatic heterocycles. The Balaban J connectivity index is 1.45. The minimum absolute atomic E-state index is 0.0456. The minimum atomic E-state index is -1.12. The van der Waals surface area contributed by atoms with Crippen molar-refractivity contribution in [2.24, 2.45) is 0 Å². The molecule has 2 N–H and O–H groups in total. The third-order valence-electron chi connectivity index (χ3n) is 7.77.